The molecule has 0 heterocycles. The lowest BCUT2D eigenvalue weighted by Crippen LogP contribution is -2.39. The number of esters is 1. The van der Waals surface area contributed by atoms with E-state index >= 15 is 0 Å². The number of anilines is 1. The Morgan fingerprint density at radius 3 is 2.31 bits per heavy atom. The fraction of sp³-hybridized carbons (Fsp3) is 0.600. The number of nitrogens with zero attached hydrogens (tertiary/aromatic N) is 2. The molecule has 0 aliphatic heterocycles. The van der Waals surface area contributed by atoms with Gasteiger partial charge in [0.25, 0.3) is 11.6 Å². The number of ether oxygens (including phenoxy) is 2. The van der Waals surface area contributed by atoms with E-state index in [4.69, 9.17) is 9.47 Å². The third-order valence-corrected chi connectivity index (χ3v) is 3.91. The number of amides is 1. The molecule has 0 fully saturated rings. The van der Waals surface area contributed by atoms with Crippen LogP contribution >= 0.6 is 0 Å². The maximum Gasteiger partial charge on any atom is 0.341 e. The van der Waals surface area contributed by atoms with Crippen LogP contribution in [0.25, 0.3) is 0 Å². The molecule has 29 heavy (non-hydrogen) atoms. The van der Waals surface area contributed by atoms with Crippen molar-refractivity contribution in [2.24, 2.45) is 11.8 Å². The molecule has 162 valence electrons. The van der Waals surface area contributed by atoms with E-state index < -0.39 is 17.5 Å². The van der Waals surface area contributed by atoms with Gasteiger partial charge in [-0.3, -0.25) is 14.9 Å². The van der Waals surface area contributed by atoms with Gasteiger partial charge in [0.15, 0.2) is 6.61 Å². The Labute approximate surface area is 171 Å². The van der Waals surface area contributed by atoms with Crippen LogP contribution in [0.1, 0.15) is 38.1 Å². The number of benzene rings is 1. The topological polar surface area (TPSA) is 111 Å². The molecule has 0 bridgehead atoms. The van der Waals surface area contributed by atoms with Gasteiger partial charge in [-0.25, -0.2) is 4.79 Å². The molecule has 0 radical (unpaired) electrons. The van der Waals surface area contributed by atoms with Crippen molar-refractivity contribution in [1.29, 1.82) is 0 Å². The first-order valence-corrected chi connectivity index (χ1v) is 9.61. The fourth-order valence-electron chi connectivity index (χ4n) is 2.71. The molecule has 0 aliphatic rings. The van der Waals surface area contributed by atoms with Crippen molar-refractivity contribution >= 4 is 23.3 Å². The van der Waals surface area contributed by atoms with E-state index in [1.165, 1.54) is 12.1 Å². The predicted octanol–water partition coefficient (Wildman–Crippen LogP) is 2.95. The van der Waals surface area contributed by atoms with Crippen molar-refractivity contribution in [3.63, 3.8) is 0 Å². The van der Waals surface area contributed by atoms with Gasteiger partial charge in [0.1, 0.15) is 0 Å². The van der Waals surface area contributed by atoms with Crippen LogP contribution in [-0.4, -0.2) is 61.7 Å². The van der Waals surface area contributed by atoms with Gasteiger partial charge in [-0.1, -0.05) is 27.7 Å². The van der Waals surface area contributed by atoms with Gasteiger partial charge in [-0.15, -0.1) is 0 Å². The Balaban J connectivity index is 2.91. The van der Waals surface area contributed by atoms with Crippen molar-refractivity contribution in [2.75, 3.05) is 45.3 Å². The van der Waals surface area contributed by atoms with Crippen LogP contribution in [0.4, 0.5) is 11.4 Å². The number of nitrogens with one attached hydrogen (secondary N) is 1. The van der Waals surface area contributed by atoms with Crippen LogP contribution in [0.2, 0.25) is 0 Å². The van der Waals surface area contributed by atoms with E-state index in [0.717, 1.165) is 6.07 Å². The lowest BCUT2D eigenvalue weighted by Gasteiger charge is -2.26. The largest absolute Gasteiger partial charge is 0.452 e. The molecule has 0 aromatic heterocycles. The maximum absolute atomic E-state index is 12.6. The molecular formula is C20H31N3O6. The Kier molecular flexibility index (Phi) is 10.1. The highest BCUT2D eigenvalue weighted by Gasteiger charge is 2.21. The molecule has 1 amide bonds. The number of non-ortho nitro benzene ring substituents is 1. The average molecular weight is 409 g/mol. The molecule has 9 heteroatoms. The van der Waals surface area contributed by atoms with Crippen molar-refractivity contribution in [3.05, 3.63) is 33.9 Å². The molecule has 1 N–H and O–H groups in total. The van der Waals surface area contributed by atoms with Gasteiger partial charge in [0.05, 0.1) is 17.1 Å². The molecule has 1 aromatic rings. The number of hydrogen-bond donors (Lipinski definition) is 1. The smallest absolute Gasteiger partial charge is 0.341 e. The third kappa shape index (κ3) is 8.47. The van der Waals surface area contributed by atoms with E-state index in [2.05, 4.69) is 5.32 Å². The molecule has 0 spiro atoms. The van der Waals surface area contributed by atoms with Crippen molar-refractivity contribution < 1.29 is 24.0 Å². The number of nitro benzene ring substituents is 1. The van der Waals surface area contributed by atoms with Gasteiger partial charge in [-0.2, -0.15) is 0 Å². The molecule has 1 aromatic carbocycles. The molecule has 0 saturated heterocycles. The Morgan fingerprint density at radius 1 is 1.17 bits per heavy atom. The van der Waals surface area contributed by atoms with Crippen molar-refractivity contribution in [2.45, 2.75) is 27.7 Å². The van der Waals surface area contributed by atoms with Crippen LogP contribution in [0, 0.1) is 22.0 Å². The minimum absolute atomic E-state index is 0.00220. The lowest BCUT2D eigenvalue weighted by molar-refractivity contribution is -0.384. The summed E-state index contributed by atoms with van der Waals surface area (Å²) in [6, 6.07) is 3.88. The molecular weight excluding hydrogens is 378 g/mol. The molecule has 0 atom stereocenters. The lowest BCUT2D eigenvalue weighted by atomic mass is 10.1. The minimum Gasteiger partial charge on any atom is -0.452 e. The number of nitro groups is 1. The van der Waals surface area contributed by atoms with Gasteiger partial charge in [-0.05, 0) is 17.9 Å². The monoisotopic (exact) mass is 409 g/mol. The van der Waals surface area contributed by atoms with Gasteiger partial charge >= 0.3 is 5.97 Å². The summed E-state index contributed by atoms with van der Waals surface area (Å²) in [6.45, 7) is 9.54. The van der Waals surface area contributed by atoms with Gasteiger partial charge in [0.2, 0.25) is 0 Å². The molecule has 1 rings (SSSR count). The summed E-state index contributed by atoms with van der Waals surface area (Å²) in [5, 5.41) is 14.0. The molecule has 0 aliphatic carbocycles. The van der Waals surface area contributed by atoms with E-state index in [9.17, 15) is 19.7 Å². The molecule has 9 nitrogen and oxygen atoms in total. The summed E-state index contributed by atoms with van der Waals surface area (Å²) in [4.78, 5) is 37.2. The predicted molar refractivity (Wildman–Crippen MR) is 110 cm³/mol. The van der Waals surface area contributed by atoms with Crippen LogP contribution in [0.5, 0.6) is 0 Å². The zero-order valence-corrected chi connectivity index (χ0v) is 17.8. The van der Waals surface area contributed by atoms with E-state index in [0.29, 0.717) is 31.9 Å². The maximum atomic E-state index is 12.6. The zero-order valence-electron chi connectivity index (χ0n) is 17.8. The summed E-state index contributed by atoms with van der Waals surface area (Å²) < 4.78 is 10.1. The van der Waals surface area contributed by atoms with Crippen LogP contribution in [0.15, 0.2) is 18.2 Å². The summed E-state index contributed by atoms with van der Waals surface area (Å²) in [5.41, 5.74) is 0.149. The Hall–Kier alpha value is -2.68. The van der Waals surface area contributed by atoms with E-state index in [1.54, 1.807) is 12.0 Å². The second-order valence-corrected chi connectivity index (χ2v) is 7.57. The SMILES string of the molecule is COCCNc1ccc([N+](=O)[O-])cc1C(=O)OCC(=O)N(CC(C)C)CC(C)C. The number of rotatable bonds is 12. The van der Waals surface area contributed by atoms with Crippen molar-refractivity contribution in [1.82, 2.24) is 4.90 Å². The number of carbonyl (C=O) groups is 2. The third-order valence-electron chi connectivity index (χ3n) is 3.91. The highest BCUT2D eigenvalue weighted by atomic mass is 16.6. The summed E-state index contributed by atoms with van der Waals surface area (Å²) in [7, 11) is 1.54. The number of methoxy groups -OCH3 is 1. The van der Waals surface area contributed by atoms with Gasteiger partial charge in [0, 0.05) is 44.6 Å². The van der Waals surface area contributed by atoms with Crippen LogP contribution < -0.4 is 5.32 Å². The second-order valence-electron chi connectivity index (χ2n) is 7.57. The zero-order chi connectivity index (χ0) is 22.0. The Bertz CT molecular complexity index is 695. The first-order chi connectivity index (χ1) is 13.6. The standard InChI is InChI=1S/C20H31N3O6/c1-14(2)11-22(12-15(3)4)19(24)13-29-20(25)17-10-16(23(26)27)6-7-18(17)21-8-9-28-5/h6-7,10,14-15,21H,8-9,11-13H2,1-5H3. The fourth-order valence-corrected chi connectivity index (χ4v) is 2.71. The van der Waals surface area contributed by atoms with E-state index in [1.807, 2.05) is 27.7 Å². The van der Waals surface area contributed by atoms with Crippen LogP contribution in [-0.2, 0) is 14.3 Å². The summed E-state index contributed by atoms with van der Waals surface area (Å²) >= 11 is 0. The number of carbonyl (C=O) groups excluding carboxylic acids is 2. The van der Waals surface area contributed by atoms with E-state index in [-0.39, 0.29) is 29.0 Å². The van der Waals surface area contributed by atoms with Crippen LogP contribution in [0.3, 0.4) is 0 Å². The number of hydrogen-bond acceptors (Lipinski definition) is 7. The highest BCUT2D eigenvalue weighted by Crippen LogP contribution is 2.23. The van der Waals surface area contributed by atoms with Gasteiger partial charge < -0.3 is 19.7 Å². The summed E-state index contributed by atoms with van der Waals surface area (Å²) in [6.07, 6.45) is 0. The second kappa shape index (κ2) is 12.0. The first kappa shape index (κ1) is 24.4. The highest BCUT2D eigenvalue weighted by molar-refractivity contribution is 5.97. The average Bonchev–Trinajstić information content (AvgIpc) is 2.64. The molecule has 0 saturated carbocycles. The summed E-state index contributed by atoms with van der Waals surface area (Å²) in [5.74, 6) is -0.528. The Morgan fingerprint density at radius 2 is 1.79 bits per heavy atom. The van der Waals surface area contributed by atoms with Crippen molar-refractivity contribution in [3.8, 4) is 0 Å². The quantitative estimate of drug-likeness (QED) is 0.244. The molecule has 0 unspecified atom stereocenters. The first-order valence-electron chi connectivity index (χ1n) is 9.61. The normalized spacial score (nSPS) is 10.9. The minimum atomic E-state index is -0.795.